The maximum atomic E-state index is 13.2. The second-order valence-electron chi connectivity index (χ2n) is 6.77. The maximum absolute atomic E-state index is 13.2. The molecule has 0 bridgehead atoms. The van der Waals surface area contributed by atoms with Gasteiger partial charge in [0.2, 0.25) is 5.91 Å². The Balaban J connectivity index is 1.74. The first-order chi connectivity index (χ1) is 13.1. The summed E-state index contributed by atoms with van der Waals surface area (Å²) < 4.78 is 10.6. The monoisotopic (exact) mass is 373 g/mol. The number of likely N-dealkylation sites (tertiary alicyclic amines) is 1. The number of rotatable bonds is 7. The molecule has 2 aliphatic heterocycles. The molecule has 2 atom stereocenters. The molecular weight excluding hydrogens is 346 g/mol. The minimum Gasteiger partial charge on any atom is -0.461 e. The third kappa shape index (κ3) is 4.47. The van der Waals surface area contributed by atoms with Crippen LogP contribution in [0, 0.1) is 5.92 Å². The van der Waals surface area contributed by atoms with Crippen LogP contribution in [0.4, 0.5) is 5.69 Å². The number of carbonyl (C=O) groups is 2. The van der Waals surface area contributed by atoms with E-state index in [2.05, 4.69) is 5.10 Å². The van der Waals surface area contributed by atoms with Gasteiger partial charge in [-0.1, -0.05) is 18.2 Å². The molecule has 1 aromatic carbocycles. The lowest BCUT2D eigenvalue weighted by molar-refractivity contribution is -0.135. The Bertz CT molecular complexity index is 692. The highest BCUT2D eigenvalue weighted by atomic mass is 16.5. The van der Waals surface area contributed by atoms with Gasteiger partial charge >= 0.3 is 5.97 Å². The van der Waals surface area contributed by atoms with E-state index in [4.69, 9.17) is 9.47 Å². The Morgan fingerprint density at radius 1 is 1.19 bits per heavy atom. The van der Waals surface area contributed by atoms with E-state index in [1.54, 1.807) is 11.9 Å². The molecule has 27 heavy (non-hydrogen) atoms. The molecule has 7 heteroatoms. The number of benzene rings is 1. The number of hydrogen-bond donors (Lipinski definition) is 0. The zero-order valence-corrected chi connectivity index (χ0v) is 16.0. The van der Waals surface area contributed by atoms with Crippen LogP contribution in [0.3, 0.4) is 0 Å². The highest BCUT2D eigenvalue weighted by Crippen LogP contribution is 2.28. The molecular formula is C20H27N3O4. The Labute approximate surface area is 159 Å². The van der Waals surface area contributed by atoms with Crippen molar-refractivity contribution in [2.24, 2.45) is 11.0 Å². The van der Waals surface area contributed by atoms with Crippen LogP contribution in [0.15, 0.2) is 35.4 Å². The molecule has 0 radical (unpaired) electrons. The zero-order chi connectivity index (χ0) is 19.2. The molecule has 146 valence electrons. The van der Waals surface area contributed by atoms with Crippen LogP contribution in [-0.2, 0) is 19.1 Å². The number of anilines is 1. The summed E-state index contributed by atoms with van der Waals surface area (Å²) >= 11 is 0. The van der Waals surface area contributed by atoms with E-state index in [9.17, 15) is 9.59 Å². The summed E-state index contributed by atoms with van der Waals surface area (Å²) in [4.78, 5) is 27.2. The molecule has 1 amide bonds. The lowest BCUT2D eigenvalue weighted by Gasteiger charge is -2.27. The number of hydrazone groups is 1. The number of nitrogens with zero attached hydrogens (tertiary/aromatic N) is 3. The standard InChI is InChI=1S/C20H27N3O4/c1-3-26-14-15-10-11-22(13-15)19(24)18-12-17(20(25)27-4-2)21-23(18)16-8-6-5-7-9-16/h5-9,15,18H,3-4,10-14H2,1-2H3. The molecule has 2 heterocycles. The van der Waals surface area contributed by atoms with Gasteiger partial charge in [-0.05, 0) is 32.4 Å². The van der Waals surface area contributed by atoms with Gasteiger partial charge in [-0.15, -0.1) is 0 Å². The molecule has 0 aromatic heterocycles. The SMILES string of the molecule is CCOCC1CCN(C(=O)C2CC(C(=O)OCC)=NN2c2ccccc2)C1. The Morgan fingerprint density at radius 2 is 1.96 bits per heavy atom. The van der Waals surface area contributed by atoms with E-state index < -0.39 is 12.0 Å². The molecule has 1 aromatic rings. The van der Waals surface area contributed by atoms with Gasteiger partial charge in [0.05, 0.1) is 18.9 Å². The average molecular weight is 373 g/mol. The first-order valence-electron chi connectivity index (χ1n) is 9.59. The third-order valence-electron chi connectivity index (χ3n) is 4.88. The van der Waals surface area contributed by atoms with Crippen molar-refractivity contribution >= 4 is 23.3 Å². The molecule has 1 fully saturated rings. The van der Waals surface area contributed by atoms with Crippen molar-refractivity contribution in [3.63, 3.8) is 0 Å². The van der Waals surface area contributed by atoms with Crippen LogP contribution in [-0.4, -0.2) is 61.4 Å². The fourth-order valence-corrected chi connectivity index (χ4v) is 3.52. The number of hydrogen-bond acceptors (Lipinski definition) is 6. The molecule has 0 saturated carbocycles. The molecule has 3 rings (SSSR count). The summed E-state index contributed by atoms with van der Waals surface area (Å²) in [6.07, 6.45) is 1.20. The molecule has 2 aliphatic rings. The van der Waals surface area contributed by atoms with Crippen molar-refractivity contribution < 1.29 is 19.1 Å². The quantitative estimate of drug-likeness (QED) is 0.684. The summed E-state index contributed by atoms with van der Waals surface area (Å²) in [5.74, 6) is -0.0869. The number of carbonyl (C=O) groups excluding carboxylic acids is 2. The van der Waals surface area contributed by atoms with Gasteiger partial charge in [-0.3, -0.25) is 9.80 Å². The molecule has 2 unspecified atom stereocenters. The molecule has 0 spiro atoms. The largest absolute Gasteiger partial charge is 0.461 e. The van der Waals surface area contributed by atoms with E-state index >= 15 is 0 Å². The fraction of sp³-hybridized carbons (Fsp3) is 0.550. The van der Waals surface area contributed by atoms with Gasteiger partial charge in [0.1, 0.15) is 11.8 Å². The summed E-state index contributed by atoms with van der Waals surface area (Å²) in [6.45, 7) is 6.78. The van der Waals surface area contributed by atoms with Gasteiger partial charge < -0.3 is 14.4 Å². The molecule has 1 saturated heterocycles. The van der Waals surface area contributed by atoms with Crippen LogP contribution < -0.4 is 5.01 Å². The highest BCUT2D eigenvalue weighted by molar-refractivity contribution is 6.38. The first kappa shape index (κ1) is 19.4. The van der Waals surface area contributed by atoms with Crippen molar-refractivity contribution in [3.05, 3.63) is 30.3 Å². The van der Waals surface area contributed by atoms with Crippen molar-refractivity contribution in [2.75, 3.05) is 37.9 Å². The van der Waals surface area contributed by atoms with E-state index in [0.29, 0.717) is 37.9 Å². The summed E-state index contributed by atoms with van der Waals surface area (Å²) in [5, 5.41) is 6.08. The molecule has 0 N–H and O–H groups in total. The van der Waals surface area contributed by atoms with Crippen molar-refractivity contribution in [2.45, 2.75) is 32.7 Å². The van der Waals surface area contributed by atoms with Crippen molar-refractivity contribution in [1.82, 2.24) is 4.90 Å². The number of amides is 1. The van der Waals surface area contributed by atoms with Gasteiger partial charge in [0.15, 0.2) is 0 Å². The number of esters is 1. The van der Waals surface area contributed by atoms with Crippen LogP contribution >= 0.6 is 0 Å². The molecule has 7 nitrogen and oxygen atoms in total. The predicted octanol–water partition coefficient (Wildman–Crippen LogP) is 2.07. The lowest BCUT2D eigenvalue weighted by Crippen LogP contribution is -2.44. The summed E-state index contributed by atoms with van der Waals surface area (Å²) in [7, 11) is 0. The van der Waals surface area contributed by atoms with E-state index in [-0.39, 0.29) is 18.9 Å². The summed E-state index contributed by atoms with van der Waals surface area (Å²) in [5.41, 5.74) is 1.09. The van der Waals surface area contributed by atoms with E-state index in [0.717, 1.165) is 12.1 Å². The molecule has 0 aliphatic carbocycles. The van der Waals surface area contributed by atoms with Gasteiger partial charge in [-0.25, -0.2) is 4.79 Å². The van der Waals surface area contributed by atoms with Crippen LogP contribution in [0.2, 0.25) is 0 Å². The Kier molecular flexibility index (Phi) is 6.45. The van der Waals surface area contributed by atoms with Gasteiger partial charge in [-0.2, -0.15) is 5.10 Å². The fourth-order valence-electron chi connectivity index (χ4n) is 3.52. The maximum Gasteiger partial charge on any atom is 0.354 e. The summed E-state index contributed by atoms with van der Waals surface area (Å²) in [6, 6.07) is 8.95. The topological polar surface area (TPSA) is 71.4 Å². The second kappa shape index (κ2) is 8.99. The Morgan fingerprint density at radius 3 is 2.67 bits per heavy atom. The van der Waals surface area contributed by atoms with Crippen LogP contribution in [0.5, 0.6) is 0 Å². The van der Waals surface area contributed by atoms with Gasteiger partial charge in [0, 0.05) is 32.0 Å². The van der Waals surface area contributed by atoms with E-state index in [1.165, 1.54) is 0 Å². The second-order valence-corrected chi connectivity index (χ2v) is 6.77. The number of para-hydroxylation sites is 1. The minimum atomic E-state index is -0.516. The third-order valence-corrected chi connectivity index (χ3v) is 4.88. The van der Waals surface area contributed by atoms with Crippen molar-refractivity contribution in [3.8, 4) is 0 Å². The predicted molar refractivity (Wildman–Crippen MR) is 103 cm³/mol. The lowest BCUT2D eigenvalue weighted by atomic mass is 10.1. The average Bonchev–Trinajstić information content (AvgIpc) is 3.34. The zero-order valence-electron chi connectivity index (χ0n) is 16.0. The van der Waals surface area contributed by atoms with Crippen LogP contribution in [0.1, 0.15) is 26.7 Å². The smallest absolute Gasteiger partial charge is 0.354 e. The van der Waals surface area contributed by atoms with Crippen molar-refractivity contribution in [1.29, 1.82) is 0 Å². The number of ether oxygens (including phenoxy) is 2. The Hall–Kier alpha value is -2.41. The van der Waals surface area contributed by atoms with Crippen LogP contribution in [0.25, 0.3) is 0 Å². The first-order valence-corrected chi connectivity index (χ1v) is 9.59. The highest BCUT2D eigenvalue weighted by Gasteiger charge is 2.40. The van der Waals surface area contributed by atoms with E-state index in [1.807, 2.05) is 42.2 Å². The van der Waals surface area contributed by atoms with Gasteiger partial charge in [0.25, 0.3) is 0 Å². The minimum absolute atomic E-state index is 0.000833. The normalized spacial score (nSPS) is 22.1.